The van der Waals surface area contributed by atoms with E-state index in [9.17, 15) is 0 Å². The average Bonchev–Trinajstić information content (AvgIpc) is 2.80. The van der Waals surface area contributed by atoms with Crippen molar-refractivity contribution in [2.45, 2.75) is 20.8 Å². The summed E-state index contributed by atoms with van der Waals surface area (Å²) in [5, 5.41) is 0. The molecule has 0 aliphatic carbocycles. The maximum absolute atomic E-state index is 4.72. The topological polar surface area (TPSA) is 12.4 Å². The number of aryl methyl sites for hydroxylation is 2. The van der Waals surface area contributed by atoms with Gasteiger partial charge in [-0.15, -0.1) is 0 Å². The highest BCUT2D eigenvalue weighted by Crippen LogP contribution is 2.31. The van der Waals surface area contributed by atoms with Crippen LogP contribution in [0.25, 0.3) is 28.0 Å². The van der Waals surface area contributed by atoms with E-state index in [1.165, 1.54) is 33.4 Å². The van der Waals surface area contributed by atoms with Gasteiger partial charge in [0.1, 0.15) is 0 Å². The number of hydrogen-bond donors (Lipinski definition) is 0. The standard InChI is InChI=1S/C30H27N/c1-21-10-8-9-13-29(21)30-20-28(15-14-22(30)2)27-18-16-26(17-19-27)24(4)31-23(3)25-11-6-5-7-12-25/h5-20H,3H2,1-2,4H3. The molecule has 0 spiro atoms. The van der Waals surface area contributed by atoms with E-state index in [2.05, 4.69) is 87.2 Å². The van der Waals surface area contributed by atoms with Crippen LogP contribution in [0.5, 0.6) is 0 Å². The Morgan fingerprint density at radius 2 is 1.23 bits per heavy atom. The maximum atomic E-state index is 4.72. The van der Waals surface area contributed by atoms with E-state index < -0.39 is 0 Å². The Kier molecular flexibility index (Phi) is 5.95. The van der Waals surface area contributed by atoms with E-state index in [0.717, 1.165) is 22.5 Å². The molecule has 0 bridgehead atoms. The largest absolute Gasteiger partial charge is 0.253 e. The molecule has 0 aromatic heterocycles. The Morgan fingerprint density at radius 1 is 0.613 bits per heavy atom. The van der Waals surface area contributed by atoms with Gasteiger partial charge in [0.05, 0.1) is 5.70 Å². The molecule has 0 unspecified atom stereocenters. The normalized spacial score (nSPS) is 11.4. The van der Waals surface area contributed by atoms with Crippen LogP contribution in [0.4, 0.5) is 0 Å². The van der Waals surface area contributed by atoms with Crippen LogP contribution < -0.4 is 0 Å². The second-order valence-corrected chi connectivity index (χ2v) is 7.93. The summed E-state index contributed by atoms with van der Waals surface area (Å²) >= 11 is 0. The number of aliphatic imine (C=N–C) groups is 1. The van der Waals surface area contributed by atoms with Crippen LogP contribution >= 0.6 is 0 Å². The van der Waals surface area contributed by atoms with E-state index >= 15 is 0 Å². The molecule has 4 aromatic carbocycles. The zero-order valence-corrected chi connectivity index (χ0v) is 18.4. The second-order valence-electron chi connectivity index (χ2n) is 7.93. The maximum Gasteiger partial charge on any atom is 0.0633 e. The molecule has 1 nitrogen and oxygen atoms in total. The van der Waals surface area contributed by atoms with Crippen LogP contribution in [0.2, 0.25) is 0 Å². The number of benzene rings is 4. The Hall–Kier alpha value is -3.71. The molecule has 0 saturated carbocycles. The summed E-state index contributed by atoms with van der Waals surface area (Å²) in [6, 6.07) is 34.0. The summed E-state index contributed by atoms with van der Waals surface area (Å²) in [7, 11) is 0. The van der Waals surface area contributed by atoms with Crippen molar-refractivity contribution in [2.24, 2.45) is 4.99 Å². The lowest BCUT2D eigenvalue weighted by molar-refractivity contribution is 1.41. The van der Waals surface area contributed by atoms with E-state index in [1.807, 2.05) is 37.3 Å². The molecule has 0 atom stereocenters. The highest BCUT2D eigenvalue weighted by atomic mass is 14.7. The first-order chi connectivity index (χ1) is 15.0. The van der Waals surface area contributed by atoms with Gasteiger partial charge in [0.25, 0.3) is 0 Å². The minimum absolute atomic E-state index is 0.781. The lowest BCUT2D eigenvalue weighted by Gasteiger charge is -2.12. The summed E-state index contributed by atoms with van der Waals surface area (Å²) < 4.78 is 0. The Morgan fingerprint density at radius 3 is 1.94 bits per heavy atom. The lowest BCUT2D eigenvalue weighted by atomic mass is 9.92. The Balaban J connectivity index is 1.61. The van der Waals surface area contributed by atoms with Gasteiger partial charge < -0.3 is 0 Å². The van der Waals surface area contributed by atoms with Crippen molar-refractivity contribution in [3.05, 3.63) is 126 Å². The molecular weight excluding hydrogens is 374 g/mol. The molecule has 0 aliphatic heterocycles. The molecule has 0 saturated heterocycles. The molecule has 152 valence electrons. The summed E-state index contributed by atoms with van der Waals surface area (Å²) in [6.07, 6.45) is 0. The van der Waals surface area contributed by atoms with Gasteiger partial charge in [-0.3, -0.25) is 4.99 Å². The molecular formula is C30H27N. The predicted molar refractivity (Wildman–Crippen MR) is 134 cm³/mol. The van der Waals surface area contributed by atoms with E-state index in [4.69, 9.17) is 4.99 Å². The van der Waals surface area contributed by atoms with Crippen molar-refractivity contribution in [2.75, 3.05) is 0 Å². The molecule has 0 heterocycles. The van der Waals surface area contributed by atoms with Crippen molar-refractivity contribution >= 4 is 11.4 Å². The molecule has 0 fully saturated rings. The van der Waals surface area contributed by atoms with Gasteiger partial charge >= 0.3 is 0 Å². The third-order valence-corrected chi connectivity index (χ3v) is 5.72. The van der Waals surface area contributed by atoms with Crippen LogP contribution in [-0.2, 0) is 0 Å². The summed E-state index contributed by atoms with van der Waals surface area (Å²) in [6.45, 7) is 10.5. The van der Waals surface area contributed by atoms with Crippen molar-refractivity contribution in [1.29, 1.82) is 0 Å². The lowest BCUT2D eigenvalue weighted by Crippen LogP contribution is -1.95. The second kappa shape index (κ2) is 8.97. The fraction of sp³-hybridized carbons (Fsp3) is 0.100. The van der Waals surface area contributed by atoms with Gasteiger partial charge in [0.2, 0.25) is 0 Å². The minimum Gasteiger partial charge on any atom is -0.253 e. The Bertz CT molecular complexity index is 1250. The fourth-order valence-corrected chi connectivity index (χ4v) is 3.83. The SMILES string of the molecule is C=C(N=C(C)c1ccc(-c2ccc(C)c(-c3ccccc3C)c2)cc1)c1ccccc1. The number of rotatable bonds is 5. The molecule has 4 aromatic rings. The van der Waals surface area contributed by atoms with Crippen LogP contribution in [0.3, 0.4) is 0 Å². The summed E-state index contributed by atoms with van der Waals surface area (Å²) in [4.78, 5) is 4.72. The molecule has 0 aliphatic rings. The summed E-state index contributed by atoms with van der Waals surface area (Å²) in [5.74, 6) is 0. The van der Waals surface area contributed by atoms with E-state index in [0.29, 0.717) is 0 Å². The smallest absolute Gasteiger partial charge is 0.0633 e. The van der Waals surface area contributed by atoms with E-state index in [-0.39, 0.29) is 0 Å². The predicted octanol–water partition coefficient (Wildman–Crippen LogP) is 8.12. The van der Waals surface area contributed by atoms with Gasteiger partial charge in [0.15, 0.2) is 0 Å². The van der Waals surface area contributed by atoms with Crippen molar-refractivity contribution in [3.8, 4) is 22.3 Å². The van der Waals surface area contributed by atoms with Crippen molar-refractivity contribution in [3.63, 3.8) is 0 Å². The molecule has 31 heavy (non-hydrogen) atoms. The fourth-order valence-electron chi connectivity index (χ4n) is 3.83. The molecule has 0 radical (unpaired) electrons. The van der Waals surface area contributed by atoms with Gasteiger partial charge in [-0.25, -0.2) is 0 Å². The molecule has 0 amide bonds. The Labute approximate surface area is 185 Å². The molecule has 0 N–H and O–H groups in total. The first kappa shape index (κ1) is 20.6. The minimum atomic E-state index is 0.781. The third kappa shape index (κ3) is 4.57. The van der Waals surface area contributed by atoms with Crippen molar-refractivity contribution < 1.29 is 0 Å². The average molecular weight is 402 g/mol. The quantitative estimate of drug-likeness (QED) is 0.299. The first-order valence-corrected chi connectivity index (χ1v) is 10.6. The number of hydrogen-bond acceptors (Lipinski definition) is 1. The third-order valence-electron chi connectivity index (χ3n) is 5.72. The van der Waals surface area contributed by atoms with Gasteiger partial charge in [-0.1, -0.05) is 97.6 Å². The van der Waals surface area contributed by atoms with E-state index in [1.54, 1.807) is 0 Å². The van der Waals surface area contributed by atoms with Crippen LogP contribution in [0, 0.1) is 13.8 Å². The van der Waals surface area contributed by atoms with Gasteiger partial charge in [-0.2, -0.15) is 0 Å². The zero-order valence-electron chi connectivity index (χ0n) is 18.4. The van der Waals surface area contributed by atoms with Crippen LogP contribution in [0.15, 0.2) is 109 Å². The zero-order chi connectivity index (χ0) is 21.8. The molecule has 1 heteroatoms. The molecule has 4 rings (SSSR count). The van der Waals surface area contributed by atoms with Crippen molar-refractivity contribution in [1.82, 2.24) is 0 Å². The monoisotopic (exact) mass is 401 g/mol. The number of nitrogens with zero attached hydrogens (tertiary/aromatic N) is 1. The first-order valence-electron chi connectivity index (χ1n) is 10.6. The van der Waals surface area contributed by atoms with Gasteiger partial charge in [-0.05, 0) is 71.3 Å². The van der Waals surface area contributed by atoms with Crippen LogP contribution in [-0.4, -0.2) is 5.71 Å². The highest BCUT2D eigenvalue weighted by molar-refractivity contribution is 6.01. The summed E-state index contributed by atoms with van der Waals surface area (Å²) in [5.41, 5.74) is 11.5. The van der Waals surface area contributed by atoms with Gasteiger partial charge in [0, 0.05) is 5.71 Å². The highest BCUT2D eigenvalue weighted by Gasteiger charge is 2.08. The van der Waals surface area contributed by atoms with Crippen LogP contribution in [0.1, 0.15) is 29.2 Å².